The van der Waals surface area contributed by atoms with Gasteiger partial charge in [0.15, 0.2) is 0 Å². The van der Waals surface area contributed by atoms with Gasteiger partial charge >= 0.3 is 6.18 Å². The van der Waals surface area contributed by atoms with Gasteiger partial charge in [-0.15, -0.1) is 0 Å². The molecule has 26 heavy (non-hydrogen) atoms. The summed E-state index contributed by atoms with van der Waals surface area (Å²) in [7, 11) is 0. The van der Waals surface area contributed by atoms with Crippen LogP contribution in [0.1, 0.15) is 11.4 Å². The van der Waals surface area contributed by atoms with Gasteiger partial charge in [0.1, 0.15) is 11.5 Å². The zero-order valence-electron chi connectivity index (χ0n) is 13.7. The van der Waals surface area contributed by atoms with Crippen LogP contribution in [0.25, 0.3) is 11.0 Å². The monoisotopic (exact) mass is 364 g/mol. The SMILES string of the molecule is Cc1nc2ccccc2n1CCNc1ccc(C(F)(F)F)cc1[N+](=O)[O-]. The highest BCUT2D eigenvalue weighted by Gasteiger charge is 2.33. The van der Waals surface area contributed by atoms with Crippen LogP contribution in [0.2, 0.25) is 0 Å². The van der Waals surface area contributed by atoms with Crippen LogP contribution in [0.3, 0.4) is 0 Å². The average Bonchev–Trinajstić information content (AvgIpc) is 2.89. The van der Waals surface area contributed by atoms with Crippen LogP contribution in [0.4, 0.5) is 24.5 Å². The number of imidazole rings is 1. The maximum atomic E-state index is 12.7. The van der Waals surface area contributed by atoms with Crippen LogP contribution in [-0.4, -0.2) is 21.0 Å². The van der Waals surface area contributed by atoms with E-state index in [0.717, 1.165) is 29.0 Å². The second-order valence-corrected chi connectivity index (χ2v) is 5.71. The molecule has 0 atom stereocenters. The summed E-state index contributed by atoms with van der Waals surface area (Å²) < 4.78 is 40.2. The quantitative estimate of drug-likeness (QED) is 0.538. The van der Waals surface area contributed by atoms with Crippen molar-refractivity contribution in [1.29, 1.82) is 0 Å². The minimum atomic E-state index is -4.63. The van der Waals surface area contributed by atoms with Gasteiger partial charge in [-0.1, -0.05) is 12.1 Å². The first-order valence-electron chi connectivity index (χ1n) is 7.79. The Hall–Kier alpha value is -3.10. The Morgan fingerprint density at radius 3 is 2.65 bits per heavy atom. The number of hydrogen-bond donors (Lipinski definition) is 1. The van der Waals surface area contributed by atoms with Gasteiger partial charge in [-0.2, -0.15) is 13.2 Å². The largest absolute Gasteiger partial charge is 0.416 e. The molecular formula is C17H15F3N4O2. The van der Waals surface area contributed by atoms with Gasteiger partial charge in [0.05, 0.1) is 21.5 Å². The molecule has 1 N–H and O–H groups in total. The summed E-state index contributed by atoms with van der Waals surface area (Å²) in [6, 6.07) is 10.0. The molecule has 3 aromatic rings. The summed E-state index contributed by atoms with van der Waals surface area (Å²) in [5.74, 6) is 0.787. The van der Waals surface area contributed by atoms with E-state index in [0.29, 0.717) is 19.2 Å². The van der Waals surface area contributed by atoms with E-state index in [1.54, 1.807) is 0 Å². The van der Waals surface area contributed by atoms with Crippen molar-refractivity contribution in [3.63, 3.8) is 0 Å². The molecule has 0 radical (unpaired) electrons. The van der Waals surface area contributed by atoms with Crippen LogP contribution < -0.4 is 5.32 Å². The molecule has 0 saturated heterocycles. The summed E-state index contributed by atoms with van der Waals surface area (Å²) in [4.78, 5) is 14.7. The predicted molar refractivity (Wildman–Crippen MR) is 91.1 cm³/mol. The predicted octanol–water partition coefficient (Wildman–Crippen LogP) is 4.38. The molecule has 0 aliphatic rings. The zero-order chi connectivity index (χ0) is 18.9. The van der Waals surface area contributed by atoms with Crippen molar-refractivity contribution in [2.45, 2.75) is 19.6 Å². The van der Waals surface area contributed by atoms with Crippen molar-refractivity contribution in [2.75, 3.05) is 11.9 Å². The highest BCUT2D eigenvalue weighted by molar-refractivity contribution is 5.75. The van der Waals surface area contributed by atoms with E-state index in [-0.39, 0.29) is 5.69 Å². The van der Waals surface area contributed by atoms with E-state index in [9.17, 15) is 23.3 Å². The molecule has 136 valence electrons. The van der Waals surface area contributed by atoms with Gasteiger partial charge in [0.25, 0.3) is 5.69 Å². The molecule has 0 aliphatic heterocycles. The Labute approximate surface area is 146 Å². The number of benzene rings is 2. The fourth-order valence-electron chi connectivity index (χ4n) is 2.79. The molecule has 1 aromatic heterocycles. The van der Waals surface area contributed by atoms with Crippen molar-refractivity contribution in [1.82, 2.24) is 9.55 Å². The third-order valence-electron chi connectivity index (χ3n) is 4.02. The fourth-order valence-corrected chi connectivity index (χ4v) is 2.79. The van der Waals surface area contributed by atoms with Crippen LogP contribution in [0, 0.1) is 17.0 Å². The van der Waals surface area contributed by atoms with Gasteiger partial charge in [-0.3, -0.25) is 10.1 Å². The number of aromatic nitrogens is 2. The Bertz CT molecular complexity index is 966. The maximum Gasteiger partial charge on any atom is 0.416 e. The number of nitro benzene ring substituents is 1. The molecule has 0 unspecified atom stereocenters. The van der Waals surface area contributed by atoms with Crippen molar-refractivity contribution >= 4 is 22.4 Å². The number of halogens is 3. The smallest absolute Gasteiger partial charge is 0.378 e. The molecule has 0 saturated carbocycles. The summed E-state index contributed by atoms with van der Waals surface area (Å²) >= 11 is 0. The lowest BCUT2D eigenvalue weighted by molar-refractivity contribution is -0.384. The molecule has 0 spiro atoms. The molecule has 9 heteroatoms. The van der Waals surface area contributed by atoms with Gasteiger partial charge < -0.3 is 9.88 Å². The second-order valence-electron chi connectivity index (χ2n) is 5.71. The first kappa shape index (κ1) is 17.7. The number of nitrogens with zero attached hydrogens (tertiary/aromatic N) is 3. The molecule has 0 fully saturated rings. The Balaban J connectivity index is 1.79. The topological polar surface area (TPSA) is 73.0 Å². The van der Waals surface area contributed by atoms with Gasteiger partial charge in [0, 0.05) is 19.2 Å². The summed E-state index contributed by atoms with van der Waals surface area (Å²) in [6.07, 6.45) is -4.63. The highest BCUT2D eigenvalue weighted by Crippen LogP contribution is 2.34. The maximum absolute atomic E-state index is 12.7. The van der Waals surface area contributed by atoms with Crippen LogP contribution in [0.15, 0.2) is 42.5 Å². The Morgan fingerprint density at radius 2 is 1.96 bits per heavy atom. The molecule has 1 heterocycles. The Kier molecular flexibility index (Phi) is 4.54. The van der Waals surface area contributed by atoms with E-state index >= 15 is 0 Å². The minimum absolute atomic E-state index is 0.0464. The molecule has 0 amide bonds. The number of nitrogens with one attached hydrogen (secondary N) is 1. The fraction of sp³-hybridized carbons (Fsp3) is 0.235. The molecule has 2 aromatic carbocycles. The lowest BCUT2D eigenvalue weighted by atomic mass is 10.1. The Morgan fingerprint density at radius 1 is 1.23 bits per heavy atom. The van der Waals surface area contributed by atoms with Crippen molar-refractivity contribution in [3.8, 4) is 0 Å². The minimum Gasteiger partial charge on any atom is -0.378 e. The number of aryl methyl sites for hydroxylation is 1. The van der Waals surface area contributed by atoms with E-state index in [2.05, 4.69) is 10.3 Å². The van der Waals surface area contributed by atoms with E-state index in [4.69, 9.17) is 0 Å². The van der Waals surface area contributed by atoms with Gasteiger partial charge in [-0.05, 0) is 31.2 Å². The van der Waals surface area contributed by atoms with E-state index in [1.165, 1.54) is 0 Å². The number of hydrogen-bond acceptors (Lipinski definition) is 4. The number of nitro groups is 1. The van der Waals surface area contributed by atoms with Crippen molar-refractivity contribution < 1.29 is 18.1 Å². The third-order valence-corrected chi connectivity index (χ3v) is 4.02. The molecular weight excluding hydrogens is 349 g/mol. The summed E-state index contributed by atoms with van der Waals surface area (Å²) in [5, 5.41) is 14.0. The van der Waals surface area contributed by atoms with E-state index < -0.39 is 22.4 Å². The highest BCUT2D eigenvalue weighted by atomic mass is 19.4. The molecule has 6 nitrogen and oxygen atoms in total. The molecule has 0 aliphatic carbocycles. The van der Waals surface area contributed by atoms with Crippen molar-refractivity contribution in [2.24, 2.45) is 0 Å². The first-order chi connectivity index (χ1) is 12.3. The third kappa shape index (κ3) is 3.46. The van der Waals surface area contributed by atoms with Gasteiger partial charge in [-0.25, -0.2) is 4.98 Å². The zero-order valence-corrected chi connectivity index (χ0v) is 13.7. The molecule has 3 rings (SSSR count). The lowest BCUT2D eigenvalue weighted by Gasteiger charge is -2.12. The summed E-state index contributed by atoms with van der Waals surface area (Å²) in [6.45, 7) is 2.61. The average molecular weight is 364 g/mol. The number of fused-ring (bicyclic) bond motifs is 1. The summed E-state index contributed by atoms with van der Waals surface area (Å²) in [5.41, 5.74) is 0.155. The van der Waals surface area contributed by atoms with Crippen LogP contribution in [0.5, 0.6) is 0 Å². The van der Waals surface area contributed by atoms with E-state index in [1.807, 2.05) is 35.8 Å². The van der Waals surface area contributed by atoms with Gasteiger partial charge in [0.2, 0.25) is 0 Å². The first-order valence-corrected chi connectivity index (χ1v) is 7.79. The van der Waals surface area contributed by atoms with Crippen molar-refractivity contribution in [3.05, 3.63) is 64.0 Å². The normalized spacial score (nSPS) is 11.7. The lowest BCUT2D eigenvalue weighted by Crippen LogP contribution is -2.13. The number of anilines is 1. The number of alkyl halides is 3. The standard InChI is InChI=1S/C17H15F3N4O2/c1-11-22-14-4-2-3-5-15(14)23(11)9-8-21-13-7-6-12(17(18,19)20)10-16(13)24(25)26/h2-7,10,21H,8-9H2,1H3. The molecule has 0 bridgehead atoms. The number of rotatable bonds is 5. The van der Waals surface area contributed by atoms with Crippen LogP contribution >= 0.6 is 0 Å². The second kappa shape index (κ2) is 6.66. The number of para-hydroxylation sites is 2. The van der Waals surface area contributed by atoms with Crippen LogP contribution in [-0.2, 0) is 12.7 Å².